The molecule has 10 nitrogen and oxygen atoms in total. The number of anilines is 2. The SMILES string of the molecule is [2H]c1c([2H])c(N)c(C(=O)O)c(C(=O)O)c1[2H].[2H]c1c([2H])c(NC(C)=O)c2c(c1[2H])C(=O)OC2=O. The van der Waals surface area contributed by atoms with E-state index in [9.17, 15) is 24.0 Å². The number of hydrogen-bond acceptors (Lipinski definition) is 7. The zero-order valence-electron chi connectivity index (χ0n) is 19.9. The lowest BCUT2D eigenvalue weighted by Gasteiger charge is -2.03. The molecule has 0 atom stereocenters. The highest BCUT2D eigenvalue weighted by Crippen LogP contribution is 2.27. The topological polar surface area (TPSA) is 173 Å². The Morgan fingerprint density at radius 3 is 2.25 bits per heavy atom. The van der Waals surface area contributed by atoms with Gasteiger partial charge in [-0.1, -0.05) is 12.1 Å². The number of rotatable bonds is 3. The molecule has 10 heteroatoms. The lowest BCUT2D eigenvalue weighted by molar-refractivity contribution is -0.114. The van der Waals surface area contributed by atoms with Gasteiger partial charge in [-0.15, -0.1) is 0 Å². The van der Waals surface area contributed by atoms with Crippen LogP contribution >= 0.6 is 0 Å². The van der Waals surface area contributed by atoms with E-state index < -0.39 is 82.9 Å². The summed E-state index contributed by atoms with van der Waals surface area (Å²) in [5.74, 6) is -5.93. The summed E-state index contributed by atoms with van der Waals surface area (Å²) in [6.45, 7) is 1.16. The van der Waals surface area contributed by atoms with Gasteiger partial charge >= 0.3 is 23.9 Å². The second kappa shape index (κ2) is 7.99. The van der Waals surface area contributed by atoms with Crippen LogP contribution in [0.25, 0.3) is 0 Å². The summed E-state index contributed by atoms with van der Waals surface area (Å²) in [6, 6.07) is -3.80. The van der Waals surface area contributed by atoms with Crippen molar-refractivity contribution in [1.29, 1.82) is 0 Å². The van der Waals surface area contributed by atoms with E-state index in [-0.39, 0.29) is 16.8 Å². The van der Waals surface area contributed by atoms with Crippen molar-refractivity contribution in [1.82, 2.24) is 0 Å². The second-order valence-electron chi connectivity index (χ2n) is 5.01. The molecule has 0 aromatic heterocycles. The number of benzene rings is 2. The number of carboxylic acids is 2. The molecule has 3 rings (SSSR count). The molecule has 5 N–H and O–H groups in total. The Morgan fingerprint density at radius 2 is 1.68 bits per heavy atom. The molecule has 0 spiro atoms. The number of cyclic esters (lactones) is 2. The van der Waals surface area contributed by atoms with Crippen molar-refractivity contribution in [2.75, 3.05) is 11.1 Å². The zero-order chi connectivity index (χ0) is 26.2. The number of aromatic carboxylic acids is 2. The van der Waals surface area contributed by atoms with Gasteiger partial charge in [0, 0.05) is 12.6 Å². The summed E-state index contributed by atoms with van der Waals surface area (Å²) in [4.78, 5) is 55.4. The first kappa shape index (κ1) is 13.0. The molecule has 1 amide bonds. The summed E-state index contributed by atoms with van der Waals surface area (Å²) in [6.07, 6.45) is 0. The third-order valence-electron chi connectivity index (χ3n) is 3.10. The number of nitrogens with two attached hydrogens (primary N) is 1. The van der Waals surface area contributed by atoms with Crippen LogP contribution in [0.1, 0.15) is 56.6 Å². The smallest absolute Gasteiger partial charge is 0.349 e. The molecule has 2 aromatic rings. The highest BCUT2D eigenvalue weighted by atomic mass is 16.6. The van der Waals surface area contributed by atoms with Gasteiger partial charge < -0.3 is 26.0 Å². The Balaban J connectivity index is 0.000000242. The van der Waals surface area contributed by atoms with E-state index in [4.69, 9.17) is 24.2 Å². The van der Waals surface area contributed by atoms with Gasteiger partial charge in [0.15, 0.2) is 0 Å². The van der Waals surface area contributed by atoms with E-state index >= 15 is 0 Å². The quantitative estimate of drug-likeness (QED) is 0.344. The maximum Gasteiger partial charge on any atom is 0.349 e. The summed E-state index contributed by atoms with van der Waals surface area (Å²) in [5, 5.41) is 19.7. The maximum absolute atomic E-state index is 11.5. The minimum atomic E-state index is -1.66. The number of carbonyl (C=O) groups excluding carboxylic acids is 3. The fourth-order valence-corrected chi connectivity index (χ4v) is 2.02. The monoisotopic (exact) mass is 392 g/mol. The van der Waals surface area contributed by atoms with E-state index in [1.807, 2.05) is 0 Å². The molecule has 1 aliphatic heterocycles. The molecule has 0 saturated carbocycles. The summed E-state index contributed by atoms with van der Waals surface area (Å²) < 4.78 is 48.8. The van der Waals surface area contributed by atoms with Crippen molar-refractivity contribution in [2.45, 2.75) is 6.92 Å². The molecular weight excluding hydrogens is 372 g/mol. The van der Waals surface area contributed by atoms with Crippen molar-refractivity contribution < 1.29 is 47.1 Å². The standard InChI is InChI=1S/C10H7NO4.C8H7NO4/c1-5(12)11-7-4-2-3-6-8(7)10(14)15-9(6)13;9-5-3-1-2-4(7(10)11)6(5)8(12)13/h2-4H,1H3,(H,11,12);1-3H,9H2,(H,10,11)(H,12,13)/i2D,3D,4D;1D,2D,3D. The summed E-state index contributed by atoms with van der Waals surface area (Å²) >= 11 is 0. The molecule has 144 valence electrons. The Hall–Kier alpha value is -4.21. The van der Waals surface area contributed by atoms with Crippen molar-refractivity contribution >= 4 is 41.2 Å². The Bertz CT molecular complexity index is 1270. The highest BCUT2D eigenvalue weighted by Gasteiger charge is 2.32. The molecule has 1 aliphatic rings. The average Bonchev–Trinajstić information content (AvgIpc) is 3.03. The van der Waals surface area contributed by atoms with Crippen LogP contribution in [0.3, 0.4) is 0 Å². The molecule has 0 bridgehead atoms. The molecule has 0 aliphatic carbocycles. The minimum Gasteiger partial charge on any atom is -0.478 e. The normalized spacial score (nSPS) is 14.6. The van der Waals surface area contributed by atoms with Crippen molar-refractivity contribution in [3.63, 3.8) is 0 Å². The van der Waals surface area contributed by atoms with E-state index in [1.54, 1.807) is 0 Å². The molecule has 0 saturated heterocycles. The second-order valence-corrected chi connectivity index (χ2v) is 5.01. The van der Waals surface area contributed by atoms with Crippen LogP contribution in [0.2, 0.25) is 0 Å². The van der Waals surface area contributed by atoms with Gasteiger partial charge in [0.05, 0.1) is 36.2 Å². The lowest BCUT2D eigenvalue weighted by atomic mass is 10.1. The van der Waals surface area contributed by atoms with Crippen molar-refractivity contribution in [3.8, 4) is 0 Å². The van der Waals surface area contributed by atoms with Gasteiger partial charge in [0.2, 0.25) is 5.91 Å². The molecule has 2 aromatic carbocycles. The lowest BCUT2D eigenvalue weighted by Crippen LogP contribution is -2.10. The first-order valence-corrected chi connectivity index (χ1v) is 7.16. The summed E-state index contributed by atoms with van der Waals surface area (Å²) in [5.41, 5.74) is 1.96. The van der Waals surface area contributed by atoms with E-state index in [0.717, 1.165) is 6.92 Å². The number of carbonyl (C=O) groups is 5. The molecular formula is C18H14N2O8. The van der Waals surface area contributed by atoms with Crippen LogP contribution in [0.5, 0.6) is 0 Å². The molecule has 1 heterocycles. The summed E-state index contributed by atoms with van der Waals surface area (Å²) in [7, 11) is 0. The first-order valence-electron chi connectivity index (χ1n) is 10.2. The van der Waals surface area contributed by atoms with Gasteiger partial charge in [-0.25, -0.2) is 19.2 Å². The van der Waals surface area contributed by atoms with E-state index in [1.165, 1.54) is 0 Å². The van der Waals surface area contributed by atoms with E-state index in [2.05, 4.69) is 10.1 Å². The number of fused-ring (bicyclic) bond motifs is 1. The number of amides is 1. The molecule has 0 unspecified atom stereocenters. The van der Waals surface area contributed by atoms with Crippen LogP contribution in [0, 0.1) is 0 Å². The fraction of sp³-hybridized carbons (Fsp3) is 0.0556. The first-order chi connectivity index (χ1) is 15.6. The molecule has 0 radical (unpaired) electrons. The van der Waals surface area contributed by atoms with Gasteiger partial charge in [-0.2, -0.15) is 0 Å². The van der Waals surface area contributed by atoms with Gasteiger partial charge in [-0.3, -0.25) is 4.79 Å². The van der Waals surface area contributed by atoms with Crippen LogP contribution < -0.4 is 11.1 Å². The Kier molecular flexibility index (Phi) is 3.72. The maximum atomic E-state index is 11.5. The highest BCUT2D eigenvalue weighted by molar-refractivity contribution is 6.18. The van der Waals surface area contributed by atoms with Gasteiger partial charge in [0.25, 0.3) is 0 Å². The largest absolute Gasteiger partial charge is 0.478 e. The Labute approximate surface area is 166 Å². The number of esters is 2. The van der Waals surface area contributed by atoms with Gasteiger partial charge in [0.1, 0.15) is 0 Å². The number of carboxylic acid groups (broad SMARTS) is 2. The third kappa shape index (κ3) is 4.12. The fourth-order valence-electron chi connectivity index (χ4n) is 2.02. The molecule has 0 fully saturated rings. The van der Waals surface area contributed by atoms with Crippen molar-refractivity contribution in [2.24, 2.45) is 0 Å². The predicted octanol–water partition coefficient (Wildman–Crippen LogP) is 1.62. The predicted molar refractivity (Wildman–Crippen MR) is 95.3 cm³/mol. The molecule has 28 heavy (non-hydrogen) atoms. The number of ether oxygens (including phenoxy) is 1. The third-order valence-corrected chi connectivity index (χ3v) is 3.10. The van der Waals surface area contributed by atoms with E-state index in [0.29, 0.717) is 0 Å². The van der Waals surface area contributed by atoms with Crippen LogP contribution in [0.15, 0.2) is 36.3 Å². The minimum absolute atomic E-state index is 0.269. The Morgan fingerprint density at radius 1 is 1.04 bits per heavy atom. The number of nitrogens with one attached hydrogen (secondary N) is 1. The average molecular weight is 392 g/mol. The zero-order valence-corrected chi connectivity index (χ0v) is 13.9. The number of hydrogen-bond donors (Lipinski definition) is 4. The van der Waals surface area contributed by atoms with Gasteiger partial charge in [-0.05, 0) is 24.2 Å². The van der Waals surface area contributed by atoms with Crippen molar-refractivity contribution in [3.05, 3.63) is 58.5 Å². The number of nitrogen functional groups attached to an aromatic ring is 1. The van der Waals surface area contributed by atoms with Crippen LogP contribution in [-0.4, -0.2) is 40.0 Å². The van der Waals surface area contributed by atoms with Crippen LogP contribution in [-0.2, 0) is 9.53 Å². The van der Waals surface area contributed by atoms with Crippen LogP contribution in [0.4, 0.5) is 11.4 Å².